The second-order valence-corrected chi connectivity index (χ2v) is 8.43. The van der Waals surface area contributed by atoms with Gasteiger partial charge in [-0.15, -0.1) is 24.8 Å². The lowest BCUT2D eigenvalue weighted by Crippen LogP contribution is -2.39. The van der Waals surface area contributed by atoms with E-state index in [1.54, 1.807) is 0 Å². The summed E-state index contributed by atoms with van der Waals surface area (Å²) in [5.41, 5.74) is 3.72. The average molecular weight is 456 g/mol. The molecule has 2 aromatic rings. The van der Waals surface area contributed by atoms with Crippen molar-refractivity contribution >= 4 is 48.0 Å². The Morgan fingerprint density at radius 3 is 2.38 bits per heavy atom. The van der Waals surface area contributed by atoms with Gasteiger partial charge >= 0.3 is 0 Å². The second kappa shape index (κ2) is 10.7. The summed E-state index contributed by atoms with van der Waals surface area (Å²) < 4.78 is 0. The number of carbonyl (C=O) groups is 1. The van der Waals surface area contributed by atoms with E-state index in [4.69, 9.17) is 11.6 Å². The predicted octanol–water partition coefficient (Wildman–Crippen LogP) is 5.76. The number of hydrogen-bond acceptors (Lipinski definition) is 2. The largest absolute Gasteiger partial charge is 0.309 e. The van der Waals surface area contributed by atoms with Crippen LogP contribution in [-0.2, 0) is 17.8 Å². The van der Waals surface area contributed by atoms with E-state index in [1.807, 2.05) is 23.1 Å². The van der Waals surface area contributed by atoms with Gasteiger partial charge in [-0.2, -0.15) is 0 Å². The summed E-state index contributed by atoms with van der Waals surface area (Å²) in [6.45, 7) is 5.25. The Morgan fingerprint density at radius 1 is 1.03 bits per heavy atom. The maximum atomic E-state index is 13.0. The quantitative estimate of drug-likeness (QED) is 0.585. The summed E-state index contributed by atoms with van der Waals surface area (Å²) in [6, 6.07) is 16.7. The van der Waals surface area contributed by atoms with E-state index in [2.05, 4.69) is 42.2 Å². The highest BCUT2D eigenvalue weighted by Crippen LogP contribution is 2.33. The summed E-state index contributed by atoms with van der Waals surface area (Å²) in [4.78, 5) is 17.5. The van der Waals surface area contributed by atoms with Gasteiger partial charge in [-0.05, 0) is 74.5 Å². The molecule has 1 fully saturated rings. The third kappa shape index (κ3) is 5.67. The number of likely N-dealkylation sites (tertiary alicyclic amines) is 1. The zero-order valence-corrected chi connectivity index (χ0v) is 19.1. The van der Waals surface area contributed by atoms with Gasteiger partial charge in [0.05, 0.1) is 0 Å². The maximum absolute atomic E-state index is 13.0. The zero-order chi connectivity index (χ0) is 18.8. The number of nitrogens with zero attached hydrogens (tertiary/aromatic N) is 2. The predicted molar refractivity (Wildman–Crippen MR) is 126 cm³/mol. The lowest BCUT2D eigenvalue weighted by molar-refractivity contribution is -0.120. The van der Waals surface area contributed by atoms with Gasteiger partial charge < -0.3 is 4.90 Å². The van der Waals surface area contributed by atoms with Crippen molar-refractivity contribution in [2.24, 2.45) is 5.92 Å². The fourth-order valence-corrected chi connectivity index (χ4v) is 4.61. The first-order valence-electron chi connectivity index (χ1n) is 9.97. The fourth-order valence-electron chi connectivity index (χ4n) is 4.49. The first-order valence-corrected chi connectivity index (χ1v) is 10.3. The Labute approximate surface area is 191 Å². The number of fused-ring (bicyclic) bond motifs is 1. The van der Waals surface area contributed by atoms with Crippen molar-refractivity contribution in [3.63, 3.8) is 0 Å². The molecule has 4 rings (SSSR count). The summed E-state index contributed by atoms with van der Waals surface area (Å²) >= 11 is 5.97. The van der Waals surface area contributed by atoms with Crippen molar-refractivity contribution in [2.75, 3.05) is 18.0 Å². The number of piperidine rings is 1. The van der Waals surface area contributed by atoms with Crippen LogP contribution in [0.4, 0.5) is 5.69 Å². The van der Waals surface area contributed by atoms with Crippen LogP contribution in [0.25, 0.3) is 0 Å². The van der Waals surface area contributed by atoms with Gasteiger partial charge in [0.25, 0.3) is 0 Å². The van der Waals surface area contributed by atoms with Crippen LogP contribution in [0.5, 0.6) is 0 Å². The monoisotopic (exact) mass is 454 g/mol. The Morgan fingerprint density at radius 2 is 1.69 bits per heavy atom. The van der Waals surface area contributed by atoms with Crippen LogP contribution < -0.4 is 4.90 Å². The van der Waals surface area contributed by atoms with Crippen molar-refractivity contribution in [1.82, 2.24) is 4.90 Å². The van der Waals surface area contributed by atoms with E-state index in [1.165, 1.54) is 11.1 Å². The first kappa shape index (κ1) is 24.0. The van der Waals surface area contributed by atoms with Crippen LogP contribution in [0.2, 0.25) is 5.02 Å². The molecule has 1 unspecified atom stereocenters. The summed E-state index contributed by atoms with van der Waals surface area (Å²) in [5, 5.41) is 0.786. The van der Waals surface area contributed by atoms with E-state index < -0.39 is 0 Å². The van der Waals surface area contributed by atoms with E-state index in [9.17, 15) is 4.79 Å². The number of benzene rings is 2. The molecule has 29 heavy (non-hydrogen) atoms. The van der Waals surface area contributed by atoms with Crippen molar-refractivity contribution in [3.8, 4) is 0 Å². The molecule has 0 aliphatic carbocycles. The Bertz CT molecular complexity index is 804. The van der Waals surface area contributed by atoms with Crippen LogP contribution in [-0.4, -0.2) is 29.9 Å². The molecule has 3 nitrogen and oxygen atoms in total. The molecule has 6 heteroatoms. The second-order valence-electron chi connectivity index (χ2n) is 8.00. The van der Waals surface area contributed by atoms with Gasteiger partial charge in [-0.25, -0.2) is 0 Å². The lowest BCUT2D eigenvalue weighted by Gasteiger charge is -2.33. The third-order valence-electron chi connectivity index (χ3n) is 5.97. The van der Waals surface area contributed by atoms with E-state index >= 15 is 0 Å². The van der Waals surface area contributed by atoms with Crippen molar-refractivity contribution in [1.29, 1.82) is 0 Å². The van der Waals surface area contributed by atoms with Crippen molar-refractivity contribution in [3.05, 3.63) is 64.7 Å². The van der Waals surface area contributed by atoms with Gasteiger partial charge in [-0.3, -0.25) is 9.69 Å². The molecular formula is C23H29Cl3N2O. The van der Waals surface area contributed by atoms with Crippen molar-refractivity contribution < 1.29 is 4.79 Å². The summed E-state index contributed by atoms with van der Waals surface area (Å²) in [7, 11) is 0. The van der Waals surface area contributed by atoms with E-state index in [0.29, 0.717) is 18.2 Å². The van der Waals surface area contributed by atoms with Crippen LogP contribution in [0.1, 0.15) is 37.3 Å². The van der Waals surface area contributed by atoms with Gasteiger partial charge in [0.1, 0.15) is 0 Å². The highest BCUT2D eigenvalue weighted by molar-refractivity contribution is 6.30. The van der Waals surface area contributed by atoms with Gasteiger partial charge in [-0.1, -0.05) is 41.9 Å². The molecular weight excluding hydrogens is 427 g/mol. The van der Waals surface area contributed by atoms with E-state index in [0.717, 1.165) is 49.6 Å². The number of carbonyl (C=O) groups excluding carboxylic acids is 1. The standard InChI is InChI=1S/C23H27ClN2O.2ClH/c1-17-14-20-4-2-3-5-22(20)26(17)23(27)15-18-10-12-25(13-11-18)16-19-6-8-21(24)9-7-19;;/h2-9,17-18H,10-16H2,1H3;2*1H. The molecule has 0 saturated carbocycles. The minimum absolute atomic E-state index is 0. The number of anilines is 1. The van der Waals surface area contributed by atoms with Crippen LogP contribution in [0.15, 0.2) is 48.5 Å². The van der Waals surface area contributed by atoms with Crippen LogP contribution in [0, 0.1) is 5.92 Å². The Hall–Kier alpha value is -1.26. The highest BCUT2D eigenvalue weighted by Gasteiger charge is 2.32. The number of para-hydroxylation sites is 1. The molecule has 2 aliphatic heterocycles. The van der Waals surface area contributed by atoms with Gasteiger partial charge in [0, 0.05) is 29.7 Å². The molecule has 2 aliphatic rings. The number of amides is 1. The topological polar surface area (TPSA) is 23.6 Å². The molecule has 1 amide bonds. The third-order valence-corrected chi connectivity index (χ3v) is 6.22. The highest BCUT2D eigenvalue weighted by atomic mass is 35.5. The lowest BCUT2D eigenvalue weighted by atomic mass is 9.92. The molecule has 2 heterocycles. The van der Waals surface area contributed by atoms with Gasteiger partial charge in [0.15, 0.2) is 0 Å². The first-order chi connectivity index (χ1) is 13.1. The van der Waals surface area contributed by atoms with Crippen molar-refractivity contribution in [2.45, 2.75) is 45.2 Å². The Kier molecular flexibility index (Phi) is 8.84. The van der Waals surface area contributed by atoms with Crippen LogP contribution >= 0.6 is 36.4 Å². The molecule has 0 radical (unpaired) electrons. The summed E-state index contributed by atoms with van der Waals surface area (Å²) in [5.74, 6) is 0.794. The number of hydrogen-bond donors (Lipinski definition) is 0. The molecule has 2 aromatic carbocycles. The zero-order valence-electron chi connectivity index (χ0n) is 16.7. The summed E-state index contributed by atoms with van der Waals surface area (Å²) in [6.07, 6.45) is 3.85. The molecule has 0 N–H and O–H groups in total. The molecule has 0 spiro atoms. The SMILES string of the molecule is CC1Cc2ccccc2N1C(=O)CC1CCN(Cc2ccc(Cl)cc2)CC1.Cl.Cl. The van der Waals surface area contributed by atoms with Crippen LogP contribution in [0.3, 0.4) is 0 Å². The molecule has 0 aromatic heterocycles. The number of halogens is 3. The molecule has 1 atom stereocenters. The minimum atomic E-state index is 0. The Balaban J connectivity index is 0.00000150. The fraction of sp³-hybridized carbons (Fsp3) is 0.435. The normalized spacial score (nSPS) is 19.2. The van der Waals surface area contributed by atoms with E-state index in [-0.39, 0.29) is 30.9 Å². The molecule has 1 saturated heterocycles. The molecule has 0 bridgehead atoms. The van der Waals surface area contributed by atoms with Gasteiger partial charge in [0.2, 0.25) is 5.91 Å². The molecule has 158 valence electrons. The maximum Gasteiger partial charge on any atom is 0.227 e. The number of rotatable bonds is 4. The minimum Gasteiger partial charge on any atom is -0.309 e. The smallest absolute Gasteiger partial charge is 0.227 e. The average Bonchev–Trinajstić information content (AvgIpc) is 3.01.